The Morgan fingerprint density at radius 3 is 2.80 bits per heavy atom. The number of aromatic nitrogens is 3. The van der Waals surface area contributed by atoms with E-state index < -0.39 is 12.0 Å². The van der Waals surface area contributed by atoms with Gasteiger partial charge in [-0.15, -0.1) is 10.2 Å². The molecule has 7 heteroatoms. The van der Waals surface area contributed by atoms with Gasteiger partial charge in [0, 0.05) is 20.1 Å². The van der Waals surface area contributed by atoms with Crippen LogP contribution in [0.4, 0.5) is 5.95 Å². The first-order valence-electron chi connectivity index (χ1n) is 6.30. The van der Waals surface area contributed by atoms with Crippen molar-refractivity contribution in [1.29, 1.82) is 0 Å². The van der Waals surface area contributed by atoms with Gasteiger partial charge >= 0.3 is 5.97 Å². The molecule has 1 fully saturated rings. The van der Waals surface area contributed by atoms with E-state index in [-0.39, 0.29) is 6.10 Å². The number of hydrogen-bond donors (Lipinski definition) is 1. The summed E-state index contributed by atoms with van der Waals surface area (Å²) in [6.07, 6.45) is 0.285. The van der Waals surface area contributed by atoms with E-state index in [2.05, 4.69) is 15.2 Å². The van der Waals surface area contributed by atoms with Crippen molar-refractivity contribution in [3.63, 3.8) is 0 Å². The van der Waals surface area contributed by atoms with E-state index in [0.29, 0.717) is 29.9 Å². The largest absolute Gasteiger partial charge is 0.480 e. The fourth-order valence-corrected chi connectivity index (χ4v) is 2.42. The maximum absolute atomic E-state index is 11.3. The first-order valence-corrected chi connectivity index (χ1v) is 6.30. The quantitative estimate of drug-likeness (QED) is 0.881. The van der Waals surface area contributed by atoms with Crippen LogP contribution < -0.4 is 4.90 Å². The Morgan fingerprint density at radius 1 is 1.35 bits per heavy atom. The van der Waals surface area contributed by atoms with Gasteiger partial charge in [-0.2, -0.15) is 0 Å². The van der Waals surface area contributed by atoms with Gasteiger partial charge in [0.25, 0.3) is 0 Å². The van der Waals surface area contributed by atoms with Crippen molar-refractivity contribution in [2.45, 2.75) is 18.6 Å². The third-order valence-corrected chi connectivity index (χ3v) is 3.49. The summed E-state index contributed by atoms with van der Waals surface area (Å²) in [6.45, 7) is 0.452. The Balaban J connectivity index is 1.98. The van der Waals surface area contributed by atoms with Crippen LogP contribution in [-0.4, -0.2) is 52.1 Å². The number of para-hydroxylation sites is 1. The second-order valence-corrected chi connectivity index (χ2v) is 4.70. The first kappa shape index (κ1) is 12.7. The van der Waals surface area contributed by atoms with Crippen LogP contribution >= 0.6 is 0 Å². The molecular formula is C13H14N4O3. The topological polar surface area (TPSA) is 88.4 Å². The van der Waals surface area contributed by atoms with Crippen molar-refractivity contribution in [2.24, 2.45) is 0 Å². The molecule has 1 aliphatic heterocycles. The van der Waals surface area contributed by atoms with Crippen LogP contribution in [0.2, 0.25) is 0 Å². The predicted octanol–water partition coefficient (Wildman–Crippen LogP) is 0.703. The van der Waals surface area contributed by atoms with Gasteiger partial charge in [-0.3, -0.25) is 0 Å². The van der Waals surface area contributed by atoms with Crippen molar-refractivity contribution >= 4 is 23.0 Å². The summed E-state index contributed by atoms with van der Waals surface area (Å²) in [6, 6.07) is 6.68. The second-order valence-electron chi connectivity index (χ2n) is 4.70. The van der Waals surface area contributed by atoms with Gasteiger partial charge in [-0.1, -0.05) is 12.1 Å². The fraction of sp³-hybridized carbons (Fsp3) is 0.385. The third kappa shape index (κ3) is 2.16. The number of aliphatic carboxylic acids is 1. The standard InChI is InChI=1S/C13H14N4O3/c1-20-8-6-11(12(18)19)17(7-8)13-14-9-4-2-3-5-10(9)15-16-13/h2-5,8,11H,6-7H2,1H3,(H,18,19). The van der Waals surface area contributed by atoms with Crippen LogP contribution in [0.15, 0.2) is 24.3 Å². The van der Waals surface area contributed by atoms with Gasteiger partial charge in [-0.25, -0.2) is 9.78 Å². The van der Waals surface area contributed by atoms with Crippen molar-refractivity contribution in [2.75, 3.05) is 18.6 Å². The lowest BCUT2D eigenvalue weighted by atomic mass is 10.2. The molecule has 20 heavy (non-hydrogen) atoms. The Bertz CT molecular complexity index is 648. The van der Waals surface area contributed by atoms with Crippen LogP contribution in [0.3, 0.4) is 0 Å². The number of carboxylic acid groups (broad SMARTS) is 1. The smallest absolute Gasteiger partial charge is 0.326 e. The minimum absolute atomic E-state index is 0.133. The molecule has 2 aromatic rings. The molecule has 0 amide bonds. The highest BCUT2D eigenvalue weighted by Gasteiger charge is 2.38. The normalized spacial score (nSPS) is 22.4. The predicted molar refractivity (Wildman–Crippen MR) is 71.5 cm³/mol. The van der Waals surface area contributed by atoms with Crippen LogP contribution in [0.1, 0.15) is 6.42 Å². The summed E-state index contributed by atoms with van der Waals surface area (Å²) >= 11 is 0. The molecule has 2 heterocycles. The van der Waals surface area contributed by atoms with Crippen LogP contribution in [0.25, 0.3) is 11.0 Å². The third-order valence-electron chi connectivity index (χ3n) is 3.49. The minimum Gasteiger partial charge on any atom is -0.480 e. The lowest BCUT2D eigenvalue weighted by Gasteiger charge is -2.20. The fourth-order valence-electron chi connectivity index (χ4n) is 2.42. The van der Waals surface area contributed by atoms with E-state index in [9.17, 15) is 9.90 Å². The number of methoxy groups -OCH3 is 1. The Hall–Kier alpha value is -2.28. The SMILES string of the molecule is COC1CC(C(=O)O)N(c2nnc3ccccc3n2)C1. The van der Waals surface area contributed by atoms with E-state index in [4.69, 9.17) is 4.74 Å². The molecule has 7 nitrogen and oxygen atoms in total. The van der Waals surface area contributed by atoms with Crippen molar-refractivity contribution in [1.82, 2.24) is 15.2 Å². The van der Waals surface area contributed by atoms with Gasteiger partial charge in [-0.05, 0) is 12.1 Å². The number of hydrogen-bond acceptors (Lipinski definition) is 6. The Kier molecular flexibility index (Phi) is 3.19. The molecule has 1 aromatic carbocycles. The monoisotopic (exact) mass is 274 g/mol. The van der Waals surface area contributed by atoms with Gasteiger partial charge in [0.2, 0.25) is 5.95 Å². The number of carbonyl (C=O) groups is 1. The van der Waals surface area contributed by atoms with E-state index >= 15 is 0 Å². The molecule has 0 bridgehead atoms. The molecule has 0 aliphatic carbocycles. The highest BCUT2D eigenvalue weighted by Crippen LogP contribution is 2.25. The van der Waals surface area contributed by atoms with Gasteiger partial charge in [0.15, 0.2) is 0 Å². The number of nitrogens with zero attached hydrogens (tertiary/aromatic N) is 4. The molecule has 1 aliphatic rings. The molecule has 2 unspecified atom stereocenters. The molecule has 0 saturated carbocycles. The summed E-state index contributed by atoms with van der Waals surface area (Å²) in [5, 5.41) is 17.4. The summed E-state index contributed by atoms with van der Waals surface area (Å²) in [4.78, 5) is 17.4. The summed E-state index contributed by atoms with van der Waals surface area (Å²) < 4.78 is 5.25. The zero-order valence-electron chi connectivity index (χ0n) is 10.9. The number of carboxylic acids is 1. The molecule has 1 saturated heterocycles. The van der Waals surface area contributed by atoms with Crippen LogP contribution in [-0.2, 0) is 9.53 Å². The molecule has 0 spiro atoms. The average molecular weight is 274 g/mol. The van der Waals surface area contributed by atoms with Gasteiger partial charge in [0.1, 0.15) is 11.6 Å². The zero-order valence-corrected chi connectivity index (χ0v) is 10.9. The highest BCUT2D eigenvalue weighted by molar-refractivity contribution is 5.79. The number of ether oxygens (including phenoxy) is 1. The highest BCUT2D eigenvalue weighted by atomic mass is 16.5. The molecule has 1 aromatic heterocycles. The van der Waals surface area contributed by atoms with Crippen molar-refractivity contribution in [3.8, 4) is 0 Å². The minimum atomic E-state index is -0.902. The summed E-state index contributed by atoms with van der Waals surface area (Å²) in [7, 11) is 1.58. The molecule has 2 atom stereocenters. The molecule has 104 valence electrons. The van der Waals surface area contributed by atoms with Crippen molar-refractivity contribution in [3.05, 3.63) is 24.3 Å². The number of benzene rings is 1. The maximum Gasteiger partial charge on any atom is 0.326 e. The molecule has 1 N–H and O–H groups in total. The lowest BCUT2D eigenvalue weighted by molar-refractivity contribution is -0.138. The lowest BCUT2D eigenvalue weighted by Crippen LogP contribution is -2.37. The van der Waals surface area contributed by atoms with Crippen molar-refractivity contribution < 1.29 is 14.6 Å². The maximum atomic E-state index is 11.3. The second kappa shape index (κ2) is 5.01. The Morgan fingerprint density at radius 2 is 2.10 bits per heavy atom. The Labute approximate surface area is 115 Å². The van der Waals surface area contributed by atoms with Gasteiger partial charge < -0.3 is 14.7 Å². The van der Waals surface area contributed by atoms with Gasteiger partial charge in [0.05, 0.1) is 11.6 Å². The van der Waals surface area contributed by atoms with E-state index in [1.807, 2.05) is 24.3 Å². The van der Waals surface area contributed by atoms with Crippen LogP contribution in [0, 0.1) is 0 Å². The molecule has 3 rings (SSSR count). The van der Waals surface area contributed by atoms with E-state index in [1.54, 1.807) is 12.0 Å². The number of anilines is 1. The van der Waals surface area contributed by atoms with Crippen LogP contribution in [0.5, 0.6) is 0 Å². The zero-order chi connectivity index (χ0) is 14.1. The number of fused-ring (bicyclic) bond motifs is 1. The molecule has 0 radical (unpaired) electrons. The number of rotatable bonds is 3. The van der Waals surface area contributed by atoms with E-state index in [0.717, 1.165) is 0 Å². The summed E-state index contributed by atoms with van der Waals surface area (Å²) in [5.41, 5.74) is 1.38. The van der Waals surface area contributed by atoms with E-state index in [1.165, 1.54) is 0 Å². The first-order chi connectivity index (χ1) is 9.69. The average Bonchev–Trinajstić information content (AvgIpc) is 2.91. The summed E-state index contributed by atoms with van der Waals surface area (Å²) in [5.74, 6) is -0.572. The molecular weight excluding hydrogens is 260 g/mol.